The third-order valence-corrected chi connectivity index (χ3v) is 4.03. The molecule has 0 radical (unpaired) electrons. The van der Waals surface area contributed by atoms with Crippen LogP contribution in [-0.4, -0.2) is 21.4 Å². The normalized spacial score (nSPS) is 27.5. The number of rotatable bonds is 3. The Hall–Kier alpha value is -0.160. The first-order valence-electron chi connectivity index (χ1n) is 5.53. The van der Waals surface area contributed by atoms with E-state index in [2.05, 4.69) is 4.40 Å². The lowest BCUT2D eigenvalue weighted by Gasteiger charge is -2.17. The van der Waals surface area contributed by atoms with E-state index >= 15 is 0 Å². The molecule has 0 N–H and O–H groups in total. The highest BCUT2D eigenvalue weighted by Crippen LogP contribution is 2.39. The van der Waals surface area contributed by atoms with Crippen LogP contribution >= 0.6 is 0 Å². The molecule has 2 atom stereocenters. The van der Waals surface area contributed by atoms with E-state index in [1.54, 1.807) is 6.21 Å². The van der Waals surface area contributed by atoms with Crippen molar-refractivity contribution in [3.8, 4) is 0 Å². The van der Waals surface area contributed by atoms with Gasteiger partial charge >= 0.3 is 0 Å². The lowest BCUT2D eigenvalue weighted by Crippen LogP contribution is -2.25. The maximum atomic E-state index is 12.9. The predicted molar refractivity (Wildman–Crippen MR) is 63.3 cm³/mol. The summed E-state index contributed by atoms with van der Waals surface area (Å²) in [6.45, 7) is 5.51. The smallest absolute Gasteiger partial charge is 0.248 e. The van der Waals surface area contributed by atoms with E-state index in [4.69, 9.17) is 0 Å². The van der Waals surface area contributed by atoms with Crippen LogP contribution in [0.3, 0.4) is 0 Å². The molecule has 1 rings (SSSR count). The maximum absolute atomic E-state index is 12.9. The minimum Gasteiger partial charge on any atom is -0.591 e. The molecule has 0 aromatic heterocycles. The highest BCUT2D eigenvalue weighted by atomic mass is 32.2. The molecule has 1 aliphatic rings. The summed E-state index contributed by atoms with van der Waals surface area (Å²) in [6, 6.07) is 0. The van der Waals surface area contributed by atoms with E-state index in [1.165, 1.54) is 0 Å². The third kappa shape index (κ3) is 4.37. The summed E-state index contributed by atoms with van der Waals surface area (Å²) < 4.78 is 40.8. The van der Waals surface area contributed by atoms with Crippen LogP contribution in [0.5, 0.6) is 0 Å². The number of hydrogen-bond acceptors (Lipinski definition) is 2. The van der Waals surface area contributed by atoms with E-state index in [1.807, 2.05) is 20.8 Å². The van der Waals surface area contributed by atoms with Gasteiger partial charge in [0.05, 0.1) is 6.21 Å². The molecule has 2 nitrogen and oxygen atoms in total. The molecular weight excluding hydrogens is 232 g/mol. The van der Waals surface area contributed by atoms with Crippen LogP contribution in [0, 0.1) is 5.92 Å². The molecule has 0 saturated heterocycles. The first-order chi connectivity index (χ1) is 7.21. The fourth-order valence-corrected chi connectivity index (χ4v) is 2.20. The summed E-state index contributed by atoms with van der Waals surface area (Å²) in [5, 5.41) is 0. The Labute approximate surface area is 98.8 Å². The summed E-state index contributed by atoms with van der Waals surface area (Å²) in [4.78, 5) is 0. The highest BCUT2D eigenvalue weighted by molar-refractivity contribution is 7.91. The van der Waals surface area contributed by atoms with Gasteiger partial charge in [0.1, 0.15) is 16.1 Å². The van der Waals surface area contributed by atoms with E-state index in [-0.39, 0.29) is 23.5 Å². The zero-order chi connectivity index (χ0) is 12.4. The van der Waals surface area contributed by atoms with Crippen molar-refractivity contribution in [1.82, 2.24) is 0 Å². The van der Waals surface area contributed by atoms with Crippen molar-refractivity contribution in [1.29, 1.82) is 0 Å². The van der Waals surface area contributed by atoms with Gasteiger partial charge in [-0.15, -0.1) is 0 Å². The average molecular weight is 251 g/mol. The van der Waals surface area contributed by atoms with E-state index in [0.717, 1.165) is 0 Å². The van der Waals surface area contributed by atoms with E-state index < -0.39 is 17.3 Å². The van der Waals surface area contributed by atoms with Gasteiger partial charge in [-0.2, -0.15) is 0 Å². The van der Waals surface area contributed by atoms with Crippen LogP contribution in [0.1, 0.15) is 46.5 Å². The number of alkyl halides is 2. The topological polar surface area (TPSA) is 35.4 Å². The van der Waals surface area contributed by atoms with Gasteiger partial charge in [-0.25, -0.2) is 8.78 Å². The third-order valence-electron chi connectivity index (χ3n) is 2.64. The molecule has 0 aliphatic heterocycles. The lowest BCUT2D eigenvalue weighted by molar-refractivity contribution is 0.00539. The second-order valence-electron chi connectivity index (χ2n) is 5.35. The van der Waals surface area contributed by atoms with Gasteiger partial charge in [-0.05, 0) is 39.5 Å². The van der Waals surface area contributed by atoms with E-state index in [9.17, 15) is 13.3 Å². The Morgan fingerprint density at radius 3 is 2.56 bits per heavy atom. The quantitative estimate of drug-likeness (QED) is 0.559. The van der Waals surface area contributed by atoms with Crippen LogP contribution in [0.25, 0.3) is 0 Å². The van der Waals surface area contributed by atoms with Crippen LogP contribution in [-0.2, 0) is 11.4 Å². The molecule has 0 aromatic rings. The lowest BCUT2D eigenvalue weighted by atomic mass is 10.1. The minimum absolute atomic E-state index is 0.00396. The average Bonchev–Trinajstić information content (AvgIpc) is 2.44. The first kappa shape index (κ1) is 13.9. The molecule has 1 aliphatic carbocycles. The fraction of sp³-hybridized carbons (Fsp3) is 0.909. The Kier molecular flexibility index (Phi) is 4.35. The molecule has 1 fully saturated rings. The minimum atomic E-state index is -2.50. The largest absolute Gasteiger partial charge is 0.591 e. The van der Waals surface area contributed by atoms with Gasteiger partial charge in [-0.3, -0.25) is 0 Å². The molecule has 94 valence electrons. The van der Waals surface area contributed by atoms with Gasteiger partial charge in [0, 0.05) is 12.8 Å². The number of nitrogens with zero attached hydrogens (tertiary/aromatic N) is 1. The molecule has 5 heteroatoms. The van der Waals surface area contributed by atoms with Crippen molar-refractivity contribution in [2.75, 3.05) is 0 Å². The van der Waals surface area contributed by atoms with Crippen molar-refractivity contribution in [2.24, 2.45) is 10.3 Å². The van der Waals surface area contributed by atoms with Gasteiger partial charge in [0.2, 0.25) is 5.92 Å². The monoisotopic (exact) mass is 251 g/mol. The van der Waals surface area contributed by atoms with Gasteiger partial charge < -0.3 is 4.55 Å². The van der Waals surface area contributed by atoms with Gasteiger partial charge in [-0.1, -0.05) is 4.40 Å². The zero-order valence-corrected chi connectivity index (χ0v) is 10.8. The SMILES string of the molecule is CC(C)(C)[S+]([O-])N=CC[C@H]1CCC(F)(F)C1. The van der Waals surface area contributed by atoms with Crippen LogP contribution in [0.15, 0.2) is 4.40 Å². The Balaban J connectivity index is 2.33. The van der Waals surface area contributed by atoms with Crippen molar-refractivity contribution >= 4 is 17.6 Å². The van der Waals surface area contributed by atoms with Crippen LogP contribution < -0.4 is 0 Å². The Bertz CT molecular complexity index is 263. The van der Waals surface area contributed by atoms with Crippen molar-refractivity contribution < 1.29 is 13.3 Å². The molecule has 0 bridgehead atoms. The molecule has 1 saturated carbocycles. The van der Waals surface area contributed by atoms with Gasteiger partial charge in [0.15, 0.2) is 0 Å². The number of halogens is 2. The summed E-state index contributed by atoms with van der Waals surface area (Å²) in [6.07, 6.45) is 2.53. The predicted octanol–water partition coefficient (Wildman–Crippen LogP) is 3.34. The Morgan fingerprint density at radius 1 is 1.50 bits per heavy atom. The maximum Gasteiger partial charge on any atom is 0.248 e. The summed E-state index contributed by atoms with van der Waals surface area (Å²) in [7, 11) is 0. The van der Waals surface area contributed by atoms with Crippen LogP contribution in [0.4, 0.5) is 8.78 Å². The van der Waals surface area contributed by atoms with Crippen LogP contribution in [0.2, 0.25) is 0 Å². The summed E-state index contributed by atoms with van der Waals surface area (Å²) in [5.41, 5.74) is 0. The molecule has 0 heterocycles. The van der Waals surface area contributed by atoms with Crippen molar-refractivity contribution in [2.45, 2.75) is 57.1 Å². The zero-order valence-electron chi connectivity index (χ0n) is 10.0. The second-order valence-corrected chi connectivity index (χ2v) is 7.28. The molecular formula is C11H19F2NOS. The molecule has 16 heavy (non-hydrogen) atoms. The molecule has 0 spiro atoms. The standard InChI is InChI=1S/C11H19F2NOS/c1-10(2,3)16(15)14-7-5-9-4-6-11(12,13)8-9/h7,9H,4-6,8H2,1-3H3/t9-,16?/m1/s1. The van der Waals surface area contributed by atoms with Crippen molar-refractivity contribution in [3.63, 3.8) is 0 Å². The molecule has 1 unspecified atom stereocenters. The Morgan fingerprint density at radius 2 is 2.12 bits per heavy atom. The summed E-state index contributed by atoms with van der Waals surface area (Å²) >= 11 is -1.27. The van der Waals surface area contributed by atoms with E-state index in [0.29, 0.717) is 12.8 Å². The molecule has 0 aromatic carbocycles. The van der Waals surface area contributed by atoms with Crippen molar-refractivity contribution in [3.05, 3.63) is 0 Å². The highest BCUT2D eigenvalue weighted by Gasteiger charge is 2.38. The summed E-state index contributed by atoms with van der Waals surface area (Å²) in [5.74, 6) is -2.50. The first-order valence-corrected chi connectivity index (χ1v) is 6.64. The number of hydrogen-bond donors (Lipinski definition) is 0. The van der Waals surface area contributed by atoms with Gasteiger partial charge in [0.25, 0.3) is 0 Å². The fourth-order valence-electron chi connectivity index (χ4n) is 1.66. The second kappa shape index (κ2) is 5.00. The molecule has 0 amide bonds.